The molecule has 0 radical (unpaired) electrons. The Labute approximate surface area is 160 Å². The Bertz CT molecular complexity index is 822. The molecule has 2 aromatic rings. The van der Waals surface area contributed by atoms with Crippen molar-refractivity contribution in [2.75, 3.05) is 36.4 Å². The van der Waals surface area contributed by atoms with Crippen LogP contribution in [0.2, 0.25) is 0 Å². The lowest BCUT2D eigenvalue weighted by Crippen LogP contribution is -2.46. The minimum atomic E-state index is 0.00438. The highest BCUT2D eigenvalue weighted by molar-refractivity contribution is 5.89. The van der Waals surface area contributed by atoms with Crippen molar-refractivity contribution < 1.29 is 4.79 Å². The van der Waals surface area contributed by atoms with E-state index in [1.165, 1.54) is 0 Å². The van der Waals surface area contributed by atoms with Gasteiger partial charge in [-0.05, 0) is 62.9 Å². The first-order valence-electron chi connectivity index (χ1n) is 9.71. The molecule has 0 aliphatic carbocycles. The first-order valence-corrected chi connectivity index (χ1v) is 9.71. The van der Waals surface area contributed by atoms with Crippen LogP contribution in [-0.4, -0.2) is 47.3 Å². The summed E-state index contributed by atoms with van der Waals surface area (Å²) in [5.41, 5.74) is 3.11. The molecule has 6 nitrogen and oxygen atoms in total. The van der Waals surface area contributed by atoms with Crippen LogP contribution in [0.4, 0.5) is 16.3 Å². The van der Waals surface area contributed by atoms with Gasteiger partial charge in [-0.25, -0.2) is 4.79 Å². The van der Waals surface area contributed by atoms with Gasteiger partial charge in [0.2, 0.25) is 0 Å². The fourth-order valence-electron chi connectivity index (χ4n) is 4.33. The number of hydrogen-bond donors (Lipinski definition) is 1. The van der Waals surface area contributed by atoms with Crippen molar-refractivity contribution in [1.82, 2.24) is 15.1 Å². The number of likely N-dealkylation sites (tertiary alicyclic amines) is 1. The van der Waals surface area contributed by atoms with E-state index in [2.05, 4.69) is 26.5 Å². The van der Waals surface area contributed by atoms with Crippen LogP contribution in [0.5, 0.6) is 0 Å². The van der Waals surface area contributed by atoms with Gasteiger partial charge in [0.05, 0.1) is 5.69 Å². The minimum absolute atomic E-state index is 0.00438. The minimum Gasteiger partial charge on any atom is -0.355 e. The van der Waals surface area contributed by atoms with Gasteiger partial charge in [-0.1, -0.05) is 12.1 Å². The number of hydrogen-bond acceptors (Lipinski definition) is 4. The molecule has 2 aliphatic rings. The lowest BCUT2D eigenvalue weighted by molar-refractivity contribution is 0.203. The average molecular weight is 365 g/mol. The quantitative estimate of drug-likeness (QED) is 0.883. The fraction of sp³-hybridized carbons (Fsp3) is 0.476. The van der Waals surface area contributed by atoms with Crippen molar-refractivity contribution in [3.8, 4) is 0 Å². The van der Waals surface area contributed by atoms with Gasteiger partial charge in [-0.15, -0.1) is 5.10 Å². The number of anilines is 2. The SMILES string of the molecule is Cc1cccc(NC(=O)N2CC[C@]3(CCCN(c4ccc(C)nn4)C3)C2)c1. The highest BCUT2D eigenvalue weighted by Crippen LogP contribution is 2.40. The third-order valence-corrected chi connectivity index (χ3v) is 5.76. The zero-order chi connectivity index (χ0) is 18.9. The molecule has 1 spiro atoms. The van der Waals surface area contributed by atoms with Crippen LogP contribution < -0.4 is 10.2 Å². The third kappa shape index (κ3) is 3.89. The van der Waals surface area contributed by atoms with Crippen LogP contribution in [0.25, 0.3) is 0 Å². The van der Waals surface area contributed by atoms with Gasteiger partial charge in [-0.3, -0.25) is 0 Å². The number of carbonyl (C=O) groups is 1. The summed E-state index contributed by atoms with van der Waals surface area (Å²) in [5.74, 6) is 0.947. The monoisotopic (exact) mass is 365 g/mol. The van der Waals surface area contributed by atoms with Gasteiger partial charge in [-0.2, -0.15) is 5.10 Å². The van der Waals surface area contributed by atoms with Crippen molar-refractivity contribution in [2.24, 2.45) is 5.41 Å². The number of urea groups is 1. The van der Waals surface area contributed by atoms with Crippen LogP contribution >= 0.6 is 0 Å². The molecule has 1 aromatic heterocycles. The lowest BCUT2D eigenvalue weighted by Gasteiger charge is -2.40. The number of carbonyl (C=O) groups excluding carboxylic acids is 1. The van der Waals surface area contributed by atoms with Crippen LogP contribution in [-0.2, 0) is 0 Å². The van der Waals surface area contributed by atoms with Gasteiger partial charge in [0.15, 0.2) is 5.82 Å². The molecule has 6 heteroatoms. The molecule has 27 heavy (non-hydrogen) atoms. The Hall–Kier alpha value is -2.63. The molecule has 142 valence electrons. The normalized spacial score (nSPS) is 22.3. The van der Waals surface area contributed by atoms with Crippen molar-refractivity contribution in [1.29, 1.82) is 0 Å². The summed E-state index contributed by atoms with van der Waals surface area (Å²) in [4.78, 5) is 17.0. The summed E-state index contributed by atoms with van der Waals surface area (Å²) in [6, 6.07) is 12.0. The number of piperidine rings is 1. The van der Waals surface area contributed by atoms with Gasteiger partial charge in [0.1, 0.15) is 0 Å². The Morgan fingerprint density at radius 1 is 1.07 bits per heavy atom. The number of aryl methyl sites for hydroxylation is 2. The van der Waals surface area contributed by atoms with Crippen LogP contribution in [0.1, 0.15) is 30.5 Å². The molecular weight excluding hydrogens is 338 g/mol. The molecule has 0 unspecified atom stereocenters. The van der Waals surface area contributed by atoms with Crippen molar-refractivity contribution in [3.63, 3.8) is 0 Å². The second-order valence-electron chi connectivity index (χ2n) is 8.03. The molecule has 4 rings (SSSR count). The van der Waals surface area contributed by atoms with E-state index < -0.39 is 0 Å². The summed E-state index contributed by atoms with van der Waals surface area (Å²) in [6.45, 7) is 7.56. The molecule has 1 N–H and O–H groups in total. The van der Waals surface area contributed by atoms with E-state index in [9.17, 15) is 4.79 Å². The number of benzene rings is 1. The Morgan fingerprint density at radius 3 is 2.74 bits per heavy atom. The number of nitrogens with one attached hydrogen (secondary N) is 1. The average Bonchev–Trinajstić information content (AvgIpc) is 3.06. The summed E-state index contributed by atoms with van der Waals surface area (Å²) in [5, 5.41) is 11.6. The maximum absolute atomic E-state index is 12.7. The van der Waals surface area contributed by atoms with E-state index in [0.29, 0.717) is 0 Å². The molecule has 2 fully saturated rings. The summed E-state index contributed by atoms with van der Waals surface area (Å²) in [7, 11) is 0. The maximum Gasteiger partial charge on any atom is 0.321 e. The van der Waals surface area contributed by atoms with Crippen molar-refractivity contribution in [3.05, 3.63) is 47.7 Å². The van der Waals surface area contributed by atoms with Crippen molar-refractivity contribution >= 4 is 17.5 Å². The summed E-state index contributed by atoms with van der Waals surface area (Å²) in [6.07, 6.45) is 3.34. The molecular formula is C21H27N5O. The molecule has 2 amide bonds. The lowest BCUT2D eigenvalue weighted by atomic mass is 9.79. The topological polar surface area (TPSA) is 61.4 Å². The predicted molar refractivity (Wildman–Crippen MR) is 107 cm³/mol. The third-order valence-electron chi connectivity index (χ3n) is 5.76. The molecule has 0 saturated carbocycles. The zero-order valence-corrected chi connectivity index (χ0v) is 16.1. The molecule has 3 heterocycles. The van der Waals surface area contributed by atoms with Gasteiger partial charge in [0, 0.05) is 37.3 Å². The van der Waals surface area contributed by atoms with E-state index in [-0.39, 0.29) is 11.4 Å². The predicted octanol–water partition coefficient (Wildman–Crippen LogP) is 3.62. The van der Waals surface area contributed by atoms with Crippen molar-refractivity contribution in [2.45, 2.75) is 33.1 Å². The Kier molecular flexibility index (Phi) is 4.72. The Morgan fingerprint density at radius 2 is 1.96 bits per heavy atom. The highest BCUT2D eigenvalue weighted by atomic mass is 16.2. The zero-order valence-electron chi connectivity index (χ0n) is 16.1. The van der Waals surface area contributed by atoms with Gasteiger partial charge < -0.3 is 15.1 Å². The second kappa shape index (κ2) is 7.18. The molecule has 2 aliphatic heterocycles. The van der Waals surface area contributed by atoms with Crippen LogP contribution in [0.15, 0.2) is 36.4 Å². The molecule has 0 bridgehead atoms. The standard InChI is InChI=1S/C21H27N5O/c1-16-5-3-6-18(13-16)22-20(27)26-12-10-21(15-26)9-4-11-25(14-21)19-8-7-17(2)23-24-19/h3,5-8,13H,4,9-12,14-15H2,1-2H3,(H,22,27)/t21-/m0/s1. The second-order valence-corrected chi connectivity index (χ2v) is 8.03. The maximum atomic E-state index is 12.7. The van der Waals surface area contributed by atoms with E-state index in [4.69, 9.17) is 0 Å². The van der Waals surface area contributed by atoms with E-state index in [1.54, 1.807) is 0 Å². The fourth-order valence-corrected chi connectivity index (χ4v) is 4.33. The molecule has 2 saturated heterocycles. The smallest absolute Gasteiger partial charge is 0.321 e. The number of rotatable bonds is 2. The number of aromatic nitrogens is 2. The van der Waals surface area contributed by atoms with E-state index >= 15 is 0 Å². The van der Waals surface area contributed by atoms with Gasteiger partial charge in [0.25, 0.3) is 0 Å². The van der Waals surface area contributed by atoms with Crippen LogP contribution in [0.3, 0.4) is 0 Å². The molecule has 1 atom stereocenters. The van der Waals surface area contributed by atoms with Gasteiger partial charge >= 0.3 is 6.03 Å². The summed E-state index contributed by atoms with van der Waals surface area (Å²) >= 11 is 0. The molecule has 1 aromatic carbocycles. The van der Waals surface area contributed by atoms with E-state index in [1.807, 2.05) is 49.1 Å². The Balaban J connectivity index is 1.41. The van der Waals surface area contributed by atoms with E-state index in [0.717, 1.165) is 68.2 Å². The largest absolute Gasteiger partial charge is 0.355 e. The highest BCUT2D eigenvalue weighted by Gasteiger charge is 2.43. The first-order chi connectivity index (χ1) is 13.0. The summed E-state index contributed by atoms with van der Waals surface area (Å²) < 4.78 is 0. The number of amides is 2. The van der Waals surface area contributed by atoms with Crippen LogP contribution in [0, 0.1) is 19.3 Å². The first kappa shape index (κ1) is 17.8. The number of nitrogens with zero attached hydrogens (tertiary/aromatic N) is 4.